The molecule has 0 radical (unpaired) electrons. The molecular formula is C22H26ClFN2O3. The molecule has 0 saturated carbocycles. The maximum atomic E-state index is 13.1. The van der Waals surface area contributed by atoms with Gasteiger partial charge >= 0.3 is 0 Å². The summed E-state index contributed by atoms with van der Waals surface area (Å²) in [6.07, 6.45) is 2.54. The van der Waals surface area contributed by atoms with Crippen molar-refractivity contribution in [3.63, 3.8) is 0 Å². The van der Waals surface area contributed by atoms with Crippen LogP contribution in [0, 0.1) is 5.82 Å². The molecule has 1 aliphatic heterocycles. The first-order chi connectivity index (χ1) is 13.9. The van der Waals surface area contributed by atoms with Crippen LogP contribution in [0.2, 0.25) is 5.02 Å². The summed E-state index contributed by atoms with van der Waals surface area (Å²) in [4.78, 5) is 15.1. The average molecular weight is 421 g/mol. The van der Waals surface area contributed by atoms with Crippen molar-refractivity contribution in [3.05, 3.63) is 57.9 Å². The lowest BCUT2D eigenvalue weighted by Gasteiger charge is -2.25. The number of aryl methyl sites for hydroxylation is 1. The van der Waals surface area contributed by atoms with E-state index in [2.05, 4.69) is 10.2 Å². The summed E-state index contributed by atoms with van der Waals surface area (Å²) in [6, 6.07) is 8.27. The van der Waals surface area contributed by atoms with Crippen LogP contribution in [-0.2, 0) is 13.0 Å². The number of carbonyl (C=O) groups excluding carboxylic acids is 1. The van der Waals surface area contributed by atoms with Gasteiger partial charge in [0.2, 0.25) is 0 Å². The number of benzene rings is 2. The maximum absolute atomic E-state index is 13.1. The van der Waals surface area contributed by atoms with E-state index in [-0.39, 0.29) is 28.9 Å². The van der Waals surface area contributed by atoms with Crippen LogP contribution >= 0.6 is 11.6 Å². The molecule has 5 nitrogen and oxygen atoms in total. The zero-order valence-electron chi connectivity index (χ0n) is 16.7. The Hall–Kier alpha value is -2.31. The molecule has 0 bridgehead atoms. The van der Waals surface area contributed by atoms with Crippen LogP contribution in [0.5, 0.6) is 11.5 Å². The number of likely N-dealkylation sites (tertiary alicyclic amines) is 1. The van der Waals surface area contributed by atoms with Crippen molar-refractivity contribution in [2.75, 3.05) is 20.2 Å². The van der Waals surface area contributed by atoms with E-state index in [9.17, 15) is 14.3 Å². The number of nitrogens with zero attached hydrogens (tertiary/aromatic N) is 1. The number of amides is 1. The Bertz CT molecular complexity index is 873. The SMILES string of the molecule is CCc1cc(Cl)c(OC)c(C(=O)NC[C@H]2CCCN2Cc2ccc(F)cc2)c1O. The van der Waals surface area contributed by atoms with Crippen LogP contribution in [0.25, 0.3) is 0 Å². The molecule has 2 aromatic carbocycles. The molecule has 0 spiro atoms. The van der Waals surface area contributed by atoms with E-state index in [0.717, 1.165) is 24.9 Å². The van der Waals surface area contributed by atoms with E-state index in [0.29, 0.717) is 30.1 Å². The van der Waals surface area contributed by atoms with Gasteiger partial charge < -0.3 is 15.2 Å². The summed E-state index contributed by atoms with van der Waals surface area (Å²) in [5, 5.41) is 13.7. The molecule has 1 heterocycles. The number of ether oxygens (including phenoxy) is 1. The third kappa shape index (κ3) is 4.82. The first kappa shape index (κ1) is 21.4. The molecule has 3 rings (SSSR count). The van der Waals surface area contributed by atoms with Gasteiger partial charge in [0.15, 0.2) is 5.75 Å². The lowest BCUT2D eigenvalue weighted by Crippen LogP contribution is -2.40. The average Bonchev–Trinajstić information content (AvgIpc) is 3.15. The van der Waals surface area contributed by atoms with Gasteiger partial charge in [0, 0.05) is 19.1 Å². The van der Waals surface area contributed by atoms with Crippen molar-refractivity contribution in [2.45, 2.75) is 38.8 Å². The Morgan fingerprint density at radius 2 is 2.10 bits per heavy atom. The number of nitrogens with one attached hydrogen (secondary N) is 1. The van der Waals surface area contributed by atoms with Gasteiger partial charge in [0.25, 0.3) is 5.91 Å². The molecule has 1 fully saturated rings. The van der Waals surface area contributed by atoms with Gasteiger partial charge in [-0.25, -0.2) is 4.39 Å². The second-order valence-corrected chi connectivity index (χ2v) is 7.64. The van der Waals surface area contributed by atoms with Gasteiger partial charge in [-0.2, -0.15) is 0 Å². The van der Waals surface area contributed by atoms with E-state index in [1.165, 1.54) is 19.2 Å². The molecule has 1 atom stereocenters. The quantitative estimate of drug-likeness (QED) is 0.706. The number of phenols is 1. The molecule has 29 heavy (non-hydrogen) atoms. The third-order valence-electron chi connectivity index (χ3n) is 5.39. The molecule has 156 valence electrons. The lowest BCUT2D eigenvalue weighted by atomic mass is 10.0. The molecular weight excluding hydrogens is 395 g/mol. The highest BCUT2D eigenvalue weighted by atomic mass is 35.5. The number of carbonyl (C=O) groups is 1. The standard InChI is InChI=1S/C22H26ClFN2O3/c1-3-15-11-18(23)21(29-2)19(20(15)27)22(28)25-12-17-5-4-10-26(17)13-14-6-8-16(24)9-7-14/h6-9,11,17,27H,3-5,10,12-13H2,1-2H3,(H,25,28)/t17-/m1/s1. The Balaban J connectivity index is 1.70. The van der Waals surface area contributed by atoms with E-state index >= 15 is 0 Å². The summed E-state index contributed by atoms with van der Waals surface area (Å²) in [7, 11) is 1.42. The number of phenolic OH excluding ortho intramolecular Hbond substituents is 1. The fourth-order valence-corrected chi connectivity index (χ4v) is 4.12. The van der Waals surface area contributed by atoms with E-state index < -0.39 is 5.91 Å². The molecule has 0 unspecified atom stereocenters. The Morgan fingerprint density at radius 3 is 2.76 bits per heavy atom. The van der Waals surface area contributed by atoms with E-state index in [4.69, 9.17) is 16.3 Å². The Kier molecular flexibility index (Phi) is 6.98. The highest BCUT2D eigenvalue weighted by Crippen LogP contribution is 2.38. The maximum Gasteiger partial charge on any atom is 0.258 e. The molecule has 1 saturated heterocycles. The monoisotopic (exact) mass is 420 g/mol. The van der Waals surface area contributed by atoms with E-state index in [1.54, 1.807) is 18.2 Å². The summed E-state index contributed by atoms with van der Waals surface area (Å²) < 4.78 is 18.4. The van der Waals surface area contributed by atoms with Crippen molar-refractivity contribution < 1.29 is 19.0 Å². The van der Waals surface area contributed by atoms with Gasteiger partial charge in [0.1, 0.15) is 17.1 Å². The highest BCUT2D eigenvalue weighted by Gasteiger charge is 2.27. The predicted molar refractivity (Wildman–Crippen MR) is 111 cm³/mol. The predicted octanol–water partition coefficient (Wildman–Crippen LogP) is 4.15. The fourth-order valence-electron chi connectivity index (χ4n) is 3.81. The number of hydrogen-bond donors (Lipinski definition) is 2. The summed E-state index contributed by atoms with van der Waals surface area (Å²) >= 11 is 6.23. The normalized spacial score (nSPS) is 16.8. The molecule has 2 aromatic rings. The molecule has 0 aliphatic carbocycles. The zero-order valence-corrected chi connectivity index (χ0v) is 17.4. The van der Waals surface area contributed by atoms with Crippen LogP contribution in [0.3, 0.4) is 0 Å². The number of rotatable bonds is 7. The fraction of sp³-hybridized carbons (Fsp3) is 0.409. The summed E-state index contributed by atoms with van der Waals surface area (Å²) in [5.41, 5.74) is 1.70. The third-order valence-corrected chi connectivity index (χ3v) is 5.67. The smallest absolute Gasteiger partial charge is 0.258 e. The van der Waals surface area contributed by atoms with Crippen LogP contribution in [0.4, 0.5) is 4.39 Å². The van der Waals surface area contributed by atoms with Crippen LogP contribution < -0.4 is 10.1 Å². The van der Waals surface area contributed by atoms with Crippen molar-refractivity contribution >= 4 is 17.5 Å². The minimum Gasteiger partial charge on any atom is -0.507 e. The van der Waals surface area contributed by atoms with Crippen LogP contribution in [-0.4, -0.2) is 42.2 Å². The van der Waals surface area contributed by atoms with E-state index in [1.807, 2.05) is 6.92 Å². The van der Waals surface area contributed by atoms with Crippen molar-refractivity contribution in [2.24, 2.45) is 0 Å². The number of aromatic hydroxyl groups is 1. The number of hydrogen-bond acceptors (Lipinski definition) is 4. The second-order valence-electron chi connectivity index (χ2n) is 7.23. The van der Waals surface area contributed by atoms with Gasteiger partial charge in [-0.3, -0.25) is 9.69 Å². The lowest BCUT2D eigenvalue weighted by molar-refractivity contribution is 0.0933. The Labute approximate surface area is 175 Å². The Morgan fingerprint density at radius 1 is 1.38 bits per heavy atom. The molecule has 7 heteroatoms. The second kappa shape index (κ2) is 9.46. The summed E-state index contributed by atoms with van der Waals surface area (Å²) in [5.74, 6) is -0.583. The highest BCUT2D eigenvalue weighted by molar-refractivity contribution is 6.33. The largest absolute Gasteiger partial charge is 0.507 e. The topological polar surface area (TPSA) is 61.8 Å². The van der Waals surface area contributed by atoms with Crippen molar-refractivity contribution in [1.82, 2.24) is 10.2 Å². The molecule has 1 aliphatic rings. The number of halogens is 2. The van der Waals surface area contributed by atoms with Gasteiger partial charge in [-0.15, -0.1) is 0 Å². The molecule has 2 N–H and O–H groups in total. The minimum absolute atomic E-state index is 0.0694. The minimum atomic E-state index is -0.412. The summed E-state index contributed by atoms with van der Waals surface area (Å²) in [6.45, 7) is 3.94. The molecule has 0 aromatic heterocycles. The molecule has 1 amide bonds. The first-order valence-electron chi connectivity index (χ1n) is 9.79. The van der Waals surface area contributed by atoms with Gasteiger partial charge in [-0.05, 0) is 55.1 Å². The van der Waals surface area contributed by atoms with Crippen molar-refractivity contribution in [3.8, 4) is 11.5 Å². The van der Waals surface area contributed by atoms with Gasteiger partial charge in [-0.1, -0.05) is 30.7 Å². The van der Waals surface area contributed by atoms with Crippen LogP contribution in [0.1, 0.15) is 41.3 Å². The number of methoxy groups -OCH3 is 1. The van der Waals surface area contributed by atoms with Crippen molar-refractivity contribution in [1.29, 1.82) is 0 Å². The first-order valence-corrected chi connectivity index (χ1v) is 10.2. The van der Waals surface area contributed by atoms with Crippen LogP contribution in [0.15, 0.2) is 30.3 Å². The van der Waals surface area contributed by atoms with Gasteiger partial charge in [0.05, 0.1) is 12.1 Å². The zero-order chi connectivity index (χ0) is 21.0.